The molecule has 1 aromatic heterocycles. The predicted molar refractivity (Wildman–Crippen MR) is 114 cm³/mol. The summed E-state index contributed by atoms with van der Waals surface area (Å²) in [6, 6.07) is 13.8. The SMILES string of the molecule is COc1ccc2oc(=O)cc(NC3CCN(Cc4ccc(OC(F)F)cc4)CC3)c2c1. The second kappa shape index (κ2) is 9.34. The molecule has 0 saturated carbocycles. The van der Waals surface area contributed by atoms with Crippen LogP contribution in [0.5, 0.6) is 11.5 Å². The van der Waals surface area contributed by atoms with Gasteiger partial charge >= 0.3 is 12.2 Å². The second-order valence-electron chi connectivity index (χ2n) is 7.56. The van der Waals surface area contributed by atoms with Crippen molar-refractivity contribution >= 4 is 16.7 Å². The van der Waals surface area contributed by atoms with Gasteiger partial charge in [-0.3, -0.25) is 4.90 Å². The number of nitrogens with one attached hydrogen (secondary N) is 1. The van der Waals surface area contributed by atoms with Gasteiger partial charge in [0, 0.05) is 37.1 Å². The van der Waals surface area contributed by atoms with Gasteiger partial charge in [-0.25, -0.2) is 4.79 Å². The van der Waals surface area contributed by atoms with Gasteiger partial charge in [-0.2, -0.15) is 8.78 Å². The number of methoxy groups -OCH3 is 1. The summed E-state index contributed by atoms with van der Waals surface area (Å²) < 4.78 is 39.5. The van der Waals surface area contributed by atoms with E-state index in [1.807, 2.05) is 18.2 Å². The van der Waals surface area contributed by atoms with Crippen molar-refractivity contribution in [3.05, 3.63) is 64.5 Å². The van der Waals surface area contributed by atoms with Crippen molar-refractivity contribution in [1.82, 2.24) is 4.90 Å². The molecule has 1 fully saturated rings. The number of benzene rings is 2. The lowest BCUT2D eigenvalue weighted by molar-refractivity contribution is -0.0498. The van der Waals surface area contributed by atoms with Crippen molar-refractivity contribution in [2.75, 3.05) is 25.5 Å². The molecule has 1 aliphatic rings. The zero-order valence-electron chi connectivity index (χ0n) is 17.1. The molecule has 1 N–H and O–H groups in total. The second-order valence-corrected chi connectivity index (χ2v) is 7.56. The zero-order valence-corrected chi connectivity index (χ0v) is 17.1. The topological polar surface area (TPSA) is 63.9 Å². The fraction of sp³-hybridized carbons (Fsp3) is 0.348. The third-order valence-electron chi connectivity index (χ3n) is 5.45. The lowest BCUT2D eigenvalue weighted by atomic mass is 10.0. The third-order valence-corrected chi connectivity index (χ3v) is 5.45. The number of fused-ring (bicyclic) bond motifs is 1. The van der Waals surface area contributed by atoms with Crippen LogP contribution in [-0.4, -0.2) is 37.8 Å². The van der Waals surface area contributed by atoms with Crippen LogP contribution in [0.25, 0.3) is 11.0 Å². The highest BCUT2D eigenvalue weighted by molar-refractivity contribution is 5.90. The minimum atomic E-state index is -2.81. The van der Waals surface area contributed by atoms with E-state index in [4.69, 9.17) is 9.15 Å². The summed E-state index contributed by atoms with van der Waals surface area (Å²) in [5.74, 6) is 0.863. The van der Waals surface area contributed by atoms with Crippen LogP contribution >= 0.6 is 0 Å². The number of anilines is 1. The fourth-order valence-electron chi connectivity index (χ4n) is 3.88. The third kappa shape index (κ3) is 5.32. The highest BCUT2D eigenvalue weighted by Gasteiger charge is 2.20. The van der Waals surface area contributed by atoms with E-state index < -0.39 is 12.2 Å². The minimum absolute atomic E-state index is 0.165. The van der Waals surface area contributed by atoms with Gasteiger partial charge in [-0.05, 0) is 48.7 Å². The molecule has 8 heteroatoms. The Balaban J connectivity index is 1.37. The summed E-state index contributed by atoms with van der Waals surface area (Å²) in [7, 11) is 1.60. The molecule has 0 amide bonds. The van der Waals surface area contributed by atoms with E-state index in [1.54, 1.807) is 31.4 Å². The molecule has 0 bridgehead atoms. The van der Waals surface area contributed by atoms with Crippen molar-refractivity contribution < 1.29 is 22.7 Å². The molecule has 2 heterocycles. The van der Waals surface area contributed by atoms with E-state index in [0.717, 1.165) is 49.1 Å². The number of hydrogen-bond acceptors (Lipinski definition) is 6. The van der Waals surface area contributed by atoms with Crippen LogP contribution in [-0.2, 0) is 6.54 Å². The van der Waals surface area contributed by atoms with E-state index in [9.17, 15) is 13.6 Å². The number of ether oxygens (including phenoxy) is 2. The van der Waals surface area contributed by atoms with E-state index in [0.29, 0.717) is 11.3 Å². The first-order valence-electron chi connectivity index (χ1n) is 10.1. The largest absolute Gasteiger partial charge is 0.497 e. The quantitative estimate of drug-likeness (QED) is 0.558. The lowest BCUT2D eigenvalue weighted by Crippen LogP contribution is -2.38. The summed E-state index contributed by atoms with van der Waals surface area (Å²) in [5, 5.41) is 4.31. The van der Waals surface area contributed by atoms with E-state index >= 15 is 0 Å². The van der Waals surface area contributed by atoms with Crippen LogP contribution in [0.15, 0.2) is 57.7 Å². The van der Waals surface area contributed by atoms with Crippen LogP contribution in [0.3, 0.4) is 0 Å². The highest BCUT2D eigenvalue weighted by atomic mass is 19.3. The Morgan fingerprint density at radius 1 is 1.10 bits per heavy atom. The number of piperidine rings is 1. The number of nitrogens with zero attached hydrogens (tertiary/aromatic N) is 1. The average Bonchev–Trinajstić information content (AvgIpc) is 2.76. The van der Waals surface area contributed by atoms with Crippen LogP contribution in [0.1, 0.15) is 18.4 Å². The Kier molecular flexibility index (Phi) is 6.36. The molecule has 0 spiro atoms. The summed E-state index contributed by atoms with van der Waals surface area (Å²) in [6.45, 7) is -0.297. The van der Waals surface area contributed by atoms with Gasteiger partial charge in [-0.15, -0.1) is 0 Å². The van der Waals surface area contributed by atoms with Crippen LogP contribution in [0.2, 0.25) is 0 Å². The maximum atomic E-state index is 12.3. The standard InChI is InChI=1S/C23H24F2N2O4/c1-29-18-6-7-21-19(12-18)20(13-22(28)31-21)26-16-8-10-27(11-9-16)14-15-2-4-17(5-3-15)30-23(24)25/h2-7,12-13,16,23,26H,8-11,14H2,1H3. The van der Waals surface area contributed by atoms with Gasteiger partial charge in [0.2, 0.25) is 0 Å². The minimum Gasteiger partial charge on any atom is -0.497 e. The summed E-state index contributed by atoms with van der Waals surface area (Å²) in [6.07, 6.45) is 1.83. The molecule has 1 saturated heterocycles. The first-order valence-corrected chi connectivity index (χ1v) is 10.1. The zero-order chi connectivity index (χ0) is 21.8. The van der Waals surface area contributed by atoms with Gasteiger partial charge in [-0.1, -0.05) is 12.1 Å². The molecule has 0 aliphatic carbocycles. The summed E-state index contributed by atoms with van der Waals surface area (Å²) in [5.41, 5.74) is 1.93. The Morgan fingerprint density at radius 3 is 2.48 bits per heavy atom. The van der Waals surface area contributed by atoms with Gasteiger partial charge in [0.25, 0.3) is 0 Å². The molecule has 4 rings (SSSR count). The lowest BCUT2D eigenvalue weighted by Gasteiger charge is -2.33. The van der Waals surface area contributed by atoms with Crippen molar-refractivity contribution in [1.29, 1.82) is 0 Å². The van der Waals surface area contributed by atoms with Crippen molar-refractivity contribution in [2.24, 2.45) is 0 Å². The predicted octanol–water partition coefficient (Wildman–Crippen LogP) is 4.48. The molecular formula is C23H24F2N2O4. The van der Waals surface area contributed by atoms with Crippen molar-refractivity contribution in [3.8, 4) is 11.5 Å². The summed E-state index contributed by atoms with van der Waals surface area (Å²) in [4.78, 5) is 14.3. The van der Waals surface area contributed by atoms with Gasteiger partial charge in [0.1, 0.15) is 17.1 Å². The molecule has 31 heavy (non-hydrogen) atoms. The normalized spacial score (nSPS) is 15.4. The Hall–Kier alpha value is -3.13. The van der Waals surface area contributed by atoms with Crippen molar-refractivity contribution in [2.45, 2.75) is 32.0 Å². The number of rotatable bonds is 7. The molecule has 164 valence electrons. The number of halogens is 2. The first kappa shape index (κ1) is 21.1. The molecule has 3 aromatic rings. The molecule has 1 aliphatic heterocycles. The molecule has 0 atom stereocenters. The molecule has 6 nitrogen and oxygen atoms in total. The number of likely N-dealkylation sites (tertiary alicyclic amines) is 1. The maximum absolute atomic E-state index is 12.3. The van der Waals surface area contributed by atoms with E-state index in [2.05, 4.69) is 15.0 Å². The monoisotopic (exact) mass is 430 g/mol. The number of alkyl halides is 2. The molecule has 0 unspecified atom stereocenters. The van der Waals surface area contributed by atoms with Gasteiger partial charge in [0.05, 0.1) is 12.8 Å². The van der Waals surface area contributed by atoms with E-state index in [1.165, 1.54) is 6.07 Å². The van der Waals surface area contributed by atoms with Crippen LogP contribution in [0, 0.1) is 0 Å². The van der Waals surface area contributed by atoms with Crippen LogP contribution in [0.4, 0.5) is 14.5 Å². The van der Waals surface area contributed by atoms with Crippen LogP contribution < -0.4 is 20.4 Å². The maximum Gasteiger partial charge on any atom is 0.387 e. The molecule has 2 aromatic carbocycles. The highest BCUT2D eigenvalue weighted by Crippen LogP contribution is 2.28. The fourth-order valence-corrected chi connectivity index (χ4v) is 3.88. The number of hydrogen-bond donors (Lipinski definition) is 1. The Labute approximate surface area is 178 Å². The van der Waals surface area contributed by atoms with Gasteiger partial charge in [0.15, 0.2) is 0 Å². The van der Waals surface area contributed by atoms with Crippen molar-refractivity contribution in [3.63, 3.8) is 0 Å². The van der Waals surface area contributed by atoms with Gasteiger partial charge < -0.3 is 19.2 Å². The summed E-state index contributed by atoms with van der Waals surface area (Å²) >= 11 is 0. The smallest absolute Gasteiger partial charge is 0.387 e. The average molecular weight is 430 g/mol. The Morgan fingerprint density at radius 2 is 1.81 bits per heavy atom. The first-order chi connectivity index (χ1) is 15.0. The molecular weight excluding hydrogens is 406 g/mol. The molecule has 0 radical (unpaired) electrons. The Bertz CT molecular complexity index is 1080. The van der Waals surface area contributed by atoms with E-state index in [-0.39, 0.29) is 11.8 Å².